The van der Waals surface area contributed by atoms with Crippen molar-refractivity contribution in [3.8, 4) is 5.75 Å². The zero-order valence-corrected chi connectivity index (χ0v) is 15.6. The summed E-state index contributed by atoms with van der Waals surface area (Å²) in [5.41, 5.74) is 2.40. The summed E-state index contributed by atoms with van der Waals surface area (Å²) < 4.78 is 9.14. The van der Waals surface area contributed by atoms with Gasteiger partial charge in [0.05, 0.1) is 17.8 Å². The van der Waals surface area contributed by atoms with Crippen molar-refractivity contribution < 1.29 is 9.53 Å². The molecule has 1 amide bonds. The van der Waals surface area contributed by atoms with E-state index >= 15 is 0 Å². The minimum atomic E-state index is 0.0182. The van der Waals surface area contributed by atoms with Gasteiger partial charge < -0.3 is 9.64 Å². The normalized spacial score (nSPS) is 14.1. The molecule has 2 aromatic heterocycles. The van der Waals surface area contributed by atoms with Gasteiger partial charge in [0.25, 0.3) is 0 Å². The quantitative estimate of drug-likeness (QED) is 0.498. The van der Waals surface area contributed by atoms with Crippen molar-refractivity contribution in [3.05, 3.63) is 66.5 Å². The second-order valence-electron chi connectivity index (χ2n) is 6.98. The molecular formula is C20H19N7O2. The highest BCUT2D eigenvalue weighted by Gasteiger charge is 2.33. The van der Waals surface area contributed by atoms with Crippen molar-refractivity contribution in [1.82, 2.24) is 34.9 Å². The van der Waals surface area contributed by atoms with E-state index < -0.39 is 0 Å². The average molecular weight is 389 g/mol. The summed E-state index contributed by atoms with van der Waals surface area (Å²) in [6, 6.07) is 17.3. The van der Waals surface area contributed by atoms with E-state index in [2.05, 4.69) is 20.6 Å². The lowest BCUT2D eigenvalue weighted by Gasteiger charge is -2.38. The van der Waals surface area contributed by atoms with Crippen LogP contribution in [-0.2, 0) is 17.9 Å². The summed E-state index contributed by atoms with van der Waals surface area (Å²) in [5.74, 6) is 0.813. The number of aromatic nitrogens is 6. The van der Waals surface area contributed by atoms with Crippen LogP contribution < -0.4 is 4.74 Å². The van der Waals surface area contributed by atoms with Crippen molar-refractivity contribution >= 4 is 16.9 Å². The molecule has 0 saturated carbocycles. The maximum atomic E-state index is 12.5. The molecule has 1 aliphatic rings. The van der Waals surface area contributed by atoms with Crippen LogP contribution in [0.2, 0.25) is 0 Å². The van der Waals surface area contributed by atoms with E-state index in [-0.39, 0.29) is 18.5 Å². The fourth-order valence-corrected chi connectivity index (χ4v) is 3.32. The molecule has 0 radical (unpaired) electrons. The molecule has 1 fully saturated rings. The van der Waals surface area contributed by atoms with Crippen LogP contribution in [0.15, 0.2) is 60.8 Å². The van der Waals surface area contributed by atoms with Gasteiger partial charge in [-0.3, -0.25) is 4.79 Å². The van der Waals surface area contributed by atoms with Crippen molar-refractivity contribution in [3.63, 3.8) is 0 Å². The van der Waals surface area contributed by atoms with Gasteiger partial charge in [-0.2, -0.15) is 0 Å². The predicted molar refractivity (Wildman–Crippen MR) is 104 cm³/mol. The molecule has 0 N–H and O–H groups in total. The number of fused-ring (bicyclic) bond motifs is 1. The maximum Gasteiger partial charge on any atom is 0.244 e. The second kappa shape index (κ2) is 7.34. The average Bonchev–Trinajstić information content (AvgIpc) is 3.34. The molecule has 3 heterocycles. The van der Waals surface area contributed by atoms with E-state index in [1.807, 2.05) is 60.8 Å². The minimum absolute atomic E-state index is 0.0182. The fraction of sp³-hybridized carbons (Fsp3) is 0.250. The number of ether oxygens (including phenoxy) is 1. The Morgan fingerprint density at radius 3 is 2.66 bits per heavy atom. The first-order chi connectivity index (χ1) is 14.3. The van der Waals surface area contributed by atoms with Gasteiger partial charge in [0, 0.05) is 13.1 Å². The zero-order valence-electron chi connectivity index (χ0n) is 15.6. The number of nitrogens with zero attached hydrogens (tertiary/aromatic N) is 7. The number of carbonyl (C=O) groups is 1. The van der Waals surface area contributed by atoms with Crippen LogP contribution in [0.5, 0.6) is 5.75 Å². The van der Waals surface area contributed by atoms with E-state index in [0.29, 0.717) is 19.7 Å². The lowest BCUT2D eigenvalue weighted by atomic mass is 10.1. The van der Waals surface area contributed by atoms with E-state index in [0.717, 1.165) is 22.5 Å². The van der Waals surface area contributed by atoms with Gasteiger partial charge >= 0.3 is 0 Å². The third-order valence-corrected chi connectivity index (χ3v) is 4.98. The number of para-hydroxylation sites is 2. The molecule has 0 bridgehead atoms. The molecule has 5 rings (SSSR count). The first-order valence-corrected chi connectivity index (χ1v) is 9.41. The van der Waals surface area contributed by atoms with Crippen molar-refractivity contribution in [2.45, 2.75) is 19.2 Å². The number of hydrogen-bond donors (Lipinski definition) is 0. The Morgan fingerprint density at radius 2 is 1.79 bits per heavy atom. The van der Waals surface area contributed by atoms with Gasteiger partial charge in [-0.25, -0.2) is 9.36 Å². The summed E-state index contributed by atoms with van der Waals surface area (Å²) in [4.78, 5) is 14.3. The molecule has 29 heavy (non-hydrogen) atoms. The van der Waals surface area contributed by atoms with Crippen LogP contribution >= 0.6 is 0 Å². The second-order valence-corrected chi connectivity index (χ2v) is 6.98. The number of amides is 1. The topological polar surface area (TPSA) is 91.0 Å². The molecule has 0 atom stereocenters. The molecule has 1 aliphatic heterocycles. The van der Waals surface area contributed by atoms with Crippen LogP contribution in [0.1, 0.15) is 11.7 Å². The Kier molecular flexibility index (Phi) is 4.39. The third-order valence-electron chi connectivity index (χ3n) is 4.98. The third kappa shape index (κ3) is 3.54. The molecule has 0 spiro atoms. The minimum Gasteiger partial charge on any atom is -0.487 e. The van der Waals surface area contributed by atoms with Gasteiger partial charge in [0.2, 0.25) is 5.91 Å². The van der Waals surface area contributed by atoms with Gasteiger partial charge in [-0.05, 0) is 24.3 Å². The van der Waals surface area contributed by atoms with Crippen molar-refractivity contribution in [2.24, 2.45) is 0 Å². The van der Waals surface area contributed by atoms with Crippen LogP contribution in [-0.4, -0.2) is 53.9 Å². The Morgan fingerprint density at radius 1 is 1.00 bits per heavy atom. The predicted octanol–water partition coefficient (Wildman–Crippen LogP) is 1.69. The maximum absolute atomic E-state index is 12.5. The number of rotatable bonds is 6. The molecular weight excluding hydrogens is 370 g/mol. The molecule has 2 aromatic carbocycles. The van der Waals surface area contributed by atoms with E-state index in [1.165, 1.54) is 0 Å². The molecule has 0 unspecified atom stereocenters. The molecule has 9 heteroatoms. The standard InChI is InChI=1S/C20H19N7O2/c28-20(13-27-19-9-5-4-8-18(19)22-24-27)25-11-16(12-25)26-10-15(21-23-26)14-29-17-6-2-1-3-7-17/h1-10,16H,11-14H2. The number of carbonyl (C=O) groups excluding carboxylic acids is 1. The fourth-order valence-electron chi connectivity index (χ4n) is 3.32. The lowest BCUT2D eigenvalue weighted by Crippen LogP contribution is -2.51. The van der Waals surface area contributed by atoms with Crippen molar-refractivity contribution in [2.75, 3.05) is 13.1 Å². The van der Waals surface area contributed by atoms with E-state index in [1.54, 1.807) is 14.3 Å². The monoisotopic (exact) mass is 389 g/mol. The van der Waals surface area contributed by atoms with Crippen molar-refractivity contribution in [1.29, 1.82) is 0 Å². The summed E-state index contributed by atoms with van der Waals surface area (Å²) in [6.07, 6.45) is 1.88. The molecule has 146 valence electrons. The largest absolute Gasteiger partial charge is 0.487 e. The number of benzene rings is 2. The Hall–Kier alpha value is -3.75. The Bertz CT molecular complexity index is 1130. The molecule has 1 saturated heterocycles. The first kappa shape index (κ1) is 17.4. The number of likely N-dealkylation sites (tertiary alicyclic amines) is 1. The zero-order chi connectivity index (χ0) is 19.6. The van der Waals surface area contributed by atoms with Crippen LogP contribution in [0.4, 0.5) is 0 Å². The first-order valence-electron chi connectivity index (χ1n) is 9.41. The summed E-state index contributed by atoms with van der Waals surface area (Å²) in [6.45, 7) is 1.75. The van der Waals surface area contributed by atoms with Gasteiger partial charge in [-0.1, -0.05) is 40.8 Å². The van der Waals surface area contributed by atoms with Gasteiger partial charge in [0.15, 0.2) is 0 Å². The Labute approximate surface area is 166 Å². The summed E-state index contributed by atoms with van der Waals surface area (Å²) in [5, 5.41) is 16.5. The highest BCUT2D eigenvalue weighted by atomic mass is 16.5. The van der Waals surface area contributed by atoms with E-state index in [9.17, 15) is 4.79 Å². The molecule has 4 aromatic rings. The van der Waals surface area contributed by atoms with Gasteiger partial charge in [0.1, 0.15) is 30.1 Å². The molecule has 0 aliphatic carbocycles. The lowest BCUT2D eigenvalue weighted by molar-refractivity contribution is -0.138. The molecule has 9 nitrogen and oxygen atoms in total. The van der Waals surface area contributed by atoms with Crippen LogP contribution in [0.25, 0.3) is 11.0 Å². The summed E-state index contributed by atoms with van der Waals surface area (Å²) in [7, 11) is 0. The summed E-state index contributed by atoms with van der Waals surface area (Å²) >= 11 is 0. The van der Waals surface area contributed by atoms with E-state index in [4.69, 9.17) is 4.74 Å². The highest BCUT2D eigenvalue weighted by Crippen LogP contribution is 2.21. The highest BCUT2D eigenvalue weighted by molar-refractivity contribution is 5.80. The SMILES string of the molecule is O=C(Cn1nnc2ccccc21)N1CC(n2cc(COc3ccccc3)nn2)C1. The Balaban J connectivity index is 1.15. The van der Waals surface area contributed by atoms with Crippen LogP contribution in [0, 0.1) is 0 Å². The van der Waals surface area contributed by atoms with Crippen LogP contribution in [0.3, 0.4) is 0 Å². The number of hydrogen-bond acceptors (Lipinski definition) is 6. The smallest absolute Gasteiger partial charge is 0.244 e. The van der Waals surface area contributed by atoms with Gasteiger partial charge in [-0.15, -0.1) is 10.2 Å².